The van der Waals surface area contributed by atoms with Gasteiger partial charge in [0, 0.05) is 26.2 Å². The second-order valence-corrected chi connectivity index (χ2v) is 6.39. The first-order valence-corrected chi connectivity index (χ1v) is 9.16. The van der Waals surface area contributed by atoms with E-state index in [4.69, 9.17) is 4.74 Å². The van der Waals surface area contributed by atoms with Gasteiger partial charge in [-0.05, 0) is 30.5 Å². The summed E-state index contributed by atoms with van der Waals surface area (Å²) in [4.78, 5) is 36.9. The van der Waals surface area contributed by atoms with E-state index in [9.17, 15) is 14.4 Å². The van der Waals surface area contributed by atoms with E-state index in [0.29, 0.717) is 13.0 Å². The van der Waals surface area contributed by atoms with Crippen LogP contribution in [-0.2, 0) is 17.7 Å². The molecule has 0 atom stereocenters. The van der Waals surface area contributed by atoms with Crippen LogP contribution in [0.4, 0.5) is 0 Å². The van der Waals surface area contributed by atoms with E-state index >= 15 is 0 Å². The maximum absolute atomic E-state index is 12.5. The number of hydrogen-bond donors (Lipinski definition) is 1. The standard InChI is InChI=1S/C21H26N2O4/c1-4-5-11-23-14-17(13-18(20(23)25)19(24)22-3)21(26)27-12-10-16-9-7-6-8-15(16)2/h6-9,13-14H,4-5,10-12H2,1-3H3,(H,22,24). The molecule has 0 aliphatic carbocycles. The number of hydrogen-bond acceptors (Lipinski definition) is 4. The second kappa shape index (κ2) is 9.71. The van der Waals surface area contributed by atoms with Crippen LogP contribution >= 0.6 is 0 Å². The number of carbonyl (C=O) groups is 2. The van der Waals surface area contributed by atoms with E-state index in [1.807, 2.05) is 38.1 Å². The quantitative estimate of drug-likeness (QED) is 0.725. The largest absolute Gasteiger partial charge is 0.462 e. The van der Waals surface area contributed by atoms with E-state index in [2.05, 4.69) is 5.32 Å². The Labute approximate surface area is 159 Å². The van der Waals surface area contributed by atoms with Gasteiger partial charge in [0.1, 0.15) is 5.56 Å². The van der Waals surface area contributed by atoms with Gasteiger partial charge in [0.2, 0.25) is 0 Å². The Kier molecular flexibility index (Phi) is 7.34. The summed E-state index contributed by atoms with van der Waals surface area (Å²) in [5.41, 5.74) is 2.00. The van der Waals surface area contributed by atoms with Crippen LogP contribution in [0.25, 0.3) is 0 Å². The third-order valence-electron chi connectivity index (χ3n) is 4.41. The molecule has 0 saturated carbocycles. The minimum Gasteiger partial charge on any atom is -0.462 e. The van der Waals surface area contributed by atoms with Crippen molar-refractivity contribution in [2.45, 2.75) is 39.7 Å². The number of nitrogens with zero attached hydrogens (tertiary/aromatic N) is 1. The van der Waals surface area contributed by atoms with Crippen molar-refractivity contribution in [2.24, 2.45) is 0 Å². The Morgan fingerprint density at radius 3 is 2.63 bits per heavy atom. The van der Waals surface area contributed by atoms with E-state index < -0.39 is 17.4 Å². The molecule has 0 radical (unpaired) electrons. The molecule has 0 spiro atoms. The number of benzene rings is 1. The third-order valence-corrected chi connectivity index (χ3v) is 4.41. The Morgan fingerprint density at radius 1 is 1.22 bits per heavy atom. The number of amides is 1. The molecule has 0 fully saturated rings. The van der Waals surface area contributed by atoms with Gasteiger partial charge in [-0.2, -0.15) is 0 Å². The third kappa shape index (κ3) is 5.29. The highest BCUT2D eigenvalue weighted by atomic mass is 16.5. The van der Waals surface area contributed by atoms with Crippen LogP contribution in [-0.4, -0.2) is 30.1 Å². The van der Waals surface area contributed by atoms with Crippen molar-refractivity contribution < 1.29 is 14.3 Å². The average Bonchev–Trinajstić information content (AvgIpc) is 2.67. The number of esters is 1. The number of rotatable bonds is 8. The number of aromatic nitrogens is 1. The Morgan fingerprint density at radius 2 is 1.96 bits per heavy atom. The topological polar surface area (TPSA) is 77.4 Å². The van der Waals surface area contributed by atoms with E-state index in [-0.39, 0.29) is 17.7 Å². The number of nitrogens with one attached hydrogen (secondary N) is 1. The fourth-order valence-electron chi connectivity index (χ4n) is 2.77. The first-order chi connectivity index (χ1) is 13.0. The Balaban J connectivity index is 2.17. The molecule has 1 aromatic heterocycles. The lowest BCUT2D eigenvalue weighted by Crippen LogP contribution is -2.32. The smallest absolute Gasteiger partial charge is 0.339 e. The summed E-state index contributed by atoms with van der Waals surface area (Å²) in [7, 11) is 1.45. The highest BCUT2D eigenvalue weighted by Crippen LogP contribution is 2.09. The molecule has 0 aliphatic heterocycles. The van der Waals surface area contributed by atoms with Gasteiger partial charge in [-0.3, -0.25) is 9.59 Å². The molecule has 27 heavy (non-hydrogen) atoms. The lowest BCUT2D eigenvalue weighted by Gasteiger charge is -2.11. The molecule has 1 heterocycles. The molecule has 0 aliphatic rings. The van der Waals surface area contributed by atoms with Crippen molar-refractivity contribution in [1.29, 1.82) is 0 Å². The van der Waals surface area contributed by atoms with Crippen molar-refractivity contribution in [1.82, 2.24) is 9.88 Å². The van der Waals surface area contributed by atoms with Gasteiger partial charge in [-0.25, -0.2) is 4.79 Å². The second-order valence-electron chi connectivity index (χ2n) is 6.39. The van der Waals surface area contributed by atoms with E-state index in [1.165, 1.54) is 23.9 Å². The molecule has 2 aromatic rings. The minimum atomic E-state index is -0.543. The zero-order valence-corrected chi connectivity index (χ0v) is 16.1. The molecule has 6 nitrogen and oxygen atoms in total. The molecule has 0 unspecified atom stereocenters. The number of aryl methyl sites for hydroxylation is 2. The van der Waals surface area contributed by atoms with Gasteiger partial charge in [-0.1, -0.05) is 37.6 Å². The summed E-state index contributed by atoms with van der Waals surface area (Å²) < 4.78 is 6.78. The monoisotopic (exact) mass is 370 g/mol. The van der Waals surface area contributed by atoms with Gasteiger partial charge in [0.15, 0.2) is 0 Å². The van der Waals surface area contributed by atoms with Gasteiger partial charge < -0.3 is 14.6 Å². The number of unbranched alkanes of at least 4 members (excludes halogenated alkanes) is 1. The SMILES string of the molecule is CCCCn1cc(C(=O)OCCc2ccccc2C)cc(C(=O)NC)c1=O. The van der Waals surface area contributed by atoms with Crippen LogP contribution in [0, 0.1) is 6.92 Å². The minimum absolute atomic E-state index is 0.0537. The highest BCUT2D eigenvalue weighted by Gasteiger charge is 2.17. The predicted molar refractivity (Wildman–Crippen MR) is 104 cm³/mol. The molecule has 144 valence electrons. The zero-order valence-electron chi connectivity index (χ0n) is 16.1. The average molecular weight is 370 g/mol. The summed E-state index contributed by atoms with van der Waals surface area (Å²) in [6, 6.07) is 9.22. The lowest BCUT2D eigenvalue weighted by molar-refractivity contribution is 0.0508. The lowest BCUT2D eigenvalue weighted by atomic mass is 10.1. The van der Waals surface area contributed by atoms with Crippen LogP contribution in [0.3, 0.4) is 0 Å². The van der Waals surface area contributed by atoms with Gasteiger partial charge in [0.05, 0.1) is 12.2 Å². The highest BCUT2D eigenvalue weighted by molar-refractivity contribution is 5.97. The van der Waals surface area contributed by atoms with Crippen molar-refractivity contribution in [3.8, 4) is 0 Å². The van der Waals surface area contributed by atoms with Gasteiger partial charge in [0.25, 0.3) is 11.5 Å². The summed E-state index contributed by atoms with van der Waals surface area (Å²) in [6.45, 7) is 4.70. The van der Waals surface area contributed by atoms with Crippen LogP contribution in [0.1, 0.15) is 51.6 Å². The summed E-state index contributed by atoms with van der Waals surface area (Å²) in [6.07, 6.45) is 3.75. The molecular formula is C21H26N2O4. The molecule has 0 bridgehead atoms. The fourth-order valence-corrected chi connectivity index (χ4v) is 2.77. The van der Waals surface area contributed by atoms with Crippen LogP contribution in [0.5, 0.6) is 0 Å². The first kappa shape index (κ1) is 20.4. The number of pyridine rings is 1. The molecule has 1 amide bonds. The van der Waals surface area contributed by atoms with E-state index in [0.717, 1.165) is 24.0 Å². The Bertz CT molecular complexity index is 871. The molecule has 0 saturated heterocycles. The normalized spacial score (nSPS) is 10.5. The molecular weight excluding hydrogens is 344 g/mol. The van der Waals surface area contributed by atoms with Crippen molar-refractivity contribution in [3.05, 3.63) is 69.1 Å². The number of carbonyl (C=O) groups excluding carboxylic acids is 2. The van der Waals surface area contributed by atoms with Crippen LogP contribution in [0.2, 0.25) is 0 Å². The molecule has 1 N–H and O–H groups in total. The molecule has 6 heteroatoms. The summed E-state index contributed by atoms with van der Waals surface area (Å²) in [5, 5.41) is 2.44. The maximum Gasteiger partial charge on any atom is 0.339 e. The van der Waals surface area contributed by atoms with Gasteiger partial charge >= 0.3 is 5.97 Å². The van der Waals surface area contributed by atoms with Crippen molar-refractivity contribution >= 4 is 11.9 Å². The van der Waals surface area contributed by atoms with Crippen molar-refractivity contribution in [3.63, 3.8) is 0 Å². The maximum atomic E-state index is 12.5. The van der Waals surface area contributed by atoms with Crippen LogP contribution in [0.15, 0.2) is 41.3 Å². The summed E-state index contributed by atoms with van der Waals surface area (Å²) in [5.74, 6) is -1.06. The van der Waals surface area contributed by atoms with Crippen LogP contribution < -0.4 is 10.9 Å². The predicted octanol–water partition coefficient (Wildman–Crippen LogP) is 2.72. The molecule has 2 rings (SSSR count). The molecule has 1 aromatic carbocycles. The Hall–Kier alpha value is -2.89. The zero-order chi connectivity index (χ0) is 19.8. The fraction of sp³-hybridized carbons (Fsp3) is 0.381. The summed E-state index contributed by atoms with van der Waals surface area (Å²) >= 11 is 0. The van der Waals surface area contributed by atoms with Gasteiger partial charge in [-0.15, -0.1) is 0 Å². The van der Waals surface area contributed by atoms with E-state index in [1.54, 1.807) is 0 Å². The first-order valence-electron chi connectivity index (χ1n) is 9.16. The number of ether oxygens (including phenoxy) is 1. The van der Waals surface area contributed by atoms with Crippen molar-refractivity contribution in [2.75, 3.05) is 13.7 Å².